The molecule has 1 N–H and O–H groups in total. The molecule has 2 amide bonds. The number of hydrazine groups is 1. The molecule has 0 spiro atoms. The van der Waals surface area contributed by atoms with Crippen LogP contribution in [0.15, 0.2) is 42.5 Å². The van der Waals surface area contributed by atoms with Crippen molar-refractivity contribution in [3.63, 3.8) is 0 Å². The van der Waals surface area contributed by atoms with E-state index in [-0.39, 0.29) is 35.5 Å². The largest absolute Gasteiger partial charge is 0.289 e. The summed E-state index contributed by atoms with van der Waals surface area (Å²) in [5, 5.41) is 1.22. The zero-order valence-electron chi connectivity index (χ0n) is 10.3. The molecule has 1 heterocycles. The maximum absolute atomic E-state index is 12.4. The van der Waals surface area contributed by atoms with Crippen LogP contribution in [0.4, 0.5) is 5.69 Å². The molecule has 1 aromatic carbocycles. The minimum atomic E-state index is -0.140. The molecule has 4 heteroatoms. The van der Waals surface area contributed by atoms with Crippen LogP contribution in [-0.4, -0.2) is 16.8 Å². The van der Waals surface area contributed by atoms with Crippen LogP contribution in [0.25, 0.3) is 0 Å². The average molecular weight is 254 g/mol. The monoisotopic (exact) mass is 254 g/mol. The van der Waals surface area contributed by atoms with Gasteiger partial charge in [0.05, 0.1) is 17.5 Å². The van der Waals surface area contributed by atoms with E-state index < -0.39 is 0 Å². The first-order valence-electron chi connectivity index (χ1n) is 6.63. The fraction of sp³-hybridized carbons (Fsp3) is 0.333. The smallest absolute Gasteiger partial charge is 0.252 e. The average Bonchev–Trinajstić information content (AvgIpc) is 3.10. The highest BCUT2D eigenvalue weighted by Crippen LogP contribution is 2.52. The summed E-state index contributed by atoms with van der Waals surface area (Å²) in [6.45, 7) is 0. The Morgan fingerprint density at radius 3 is 2.11 bits per heavy atom. The molecule has 1 aliphatic heterocycles. The van der Waals surface area contributed by atoms with E-state index in [9.17, 15) is 9.59 Å². The molecule has 0 aromatic heterocycles. The van der Waals surface area contributed by atoms with Crippen molar-refractivity contribution < 1.29 is 9.59 Å². The summed E-state index contributed by atoms with van der Waals surface area (Å²) in [4.78, 5) is 24.8. The van der Waals surface area contributed by atoms with Gasteiger partial charge >= 0.3 is 0 Å². The number of nitrogens with zero attached hydrogens (tertiary/aromatic N) is 1. The van der Waals surface area contributed by atoms with Crippen LogP contribution in [0.1, 0.15) is 6.42 Å². The lowest BCUT2D eigenvalue weighted by molar-refractivity contribution is -0.139. The molecule has 1 aromatic rings. The summed E-state index contributed by atoms with van der Waals surface area (Å²) >= 11 is 0. The van der Waals surface area contributed by atoms with E-state index in [1.54, 1.807) is 0 Å². The topological polar surface area (TPSA) is 49.4 Å². The van der Waals surface area contributed by atoms with Gasteiger partial charge in [0.2, 0.25) is 0 Å². The second-order valence-electron chi connectivity index (χ2n) is 5.49. The van der Waals surface area contributed by atoms with Crippen LogP contribution in [0.5, 0.6) is 0 Å². The highest BCUT2D eigenvalue weighted by atomic mass is 16.2. The van der Waals surface area contributed by atoms with Gasteiger partial charge in [0.1, 0.15) is 0 Å². The number of para-hydroxylation sites is 1. The van der Waals surface area contributed by atoms with Gasteiger partial charge in [-0.25, -0.2) is 0 Å². The van der Waals surface area contributed by atoms with Crippen molar-refractivity contribution in [2.75, 3.05) is 5.43 Å². The molecular weight excluding hydrogens is 240 g/mol. The van der Waals surface area contributed by atoms with E-state index in [2.05, 4.69) is 17.6 Å². The number of fused-ring (bicyclic) bond motifs is 5. The number of hydrogen-bond acceptors (Lipinski definition) is 3. The molecule has 19 heavy (non-hydrogen) atoms. The Labute approximate surface area is 111 Å². The normalized spacial score (nSPS) is 35.1. The summed E-state index contributed by atoms with van der Waals surface area (Å²) in [6, 6.07) is 9.35. The standard InChI is InChI=1S/C15H14N2O2/c18-14-12-9-6-7-10(8-9)13(12)15(19)17(14)16-11-4-2-1-3-5-11/h1-7,9-10,12-13,16H,8H2/t9-,10+,12-,13+. The van der Waals surface area contributed by atoms with Crippen molar-refractivity contribution in [2.45, 2.75) is 6.42 Å². The third-order valence-electron chi connectivity index (χ3n) is 4.49. The van der Waals surface area contributed by atoms with E-state index in [0.717, 1.165) is 12.1 Å². The van der Waals surface area contributed by atoms with E-state index >= 15 is 0 Å². The summed E-state index contributed by atoms with van der Waals surface area (Å²) in [5.41, 5.74) is 3.71. The molecule has 0 unspecified atom stereocenters. The second-order valence-corrected chi connectivity index (χ2v) is 5.49. The second kappa shape index (κ2) is 3.70. The number of rotatable bonds is 2. The number of hydrogen-bond donors (Lipinski definition) is 1. The predicted octanol–water partition coefficient (Wildman–Crippen LogP) is 1.82. The first kappa shape index (κ1) is 10.8. The summed E-state index contributed by atoms with van der Waals surface area (Å²) < 4.78 is 0. The minimum Gasteiger partial charge on any atom is -0.289 e. The number of imide groups is 1. The van der Waals surface area contributed by atoms with Crippen molar-refractivity contribution in [3.8, 4) is 0 Å². The lowest BCUT2D eigenvalue weighted by atomic mass is 9.85. The summed E-state index contributed by atoms with van der Waals surface area (Å²) in [5.74, 6) is 0.0897. The zero-order chi connectivity index (χ0) is 13.0. The molecule has 3 aliphatic rings. The van der Waals surface area contributed by atoms with Gasteiger partial charge in [-0.2, -0.15) is 5.01 Å². The molecule has 4 rings (SSSR count). The van der Waals surface area contributed by atoms with Crippen LogP contribution in [-0.2, 0) is 9.59 Å². The van der Waals surface area contributed by atoms with Gasteiger partial charge in [-0.1, -0.05) is 30.4 Å². The number of carbonyl (C=O) groups excluding carboxylic acids is 2. The van der Waals surface area contributed by atoms with E-state index in [4.69, 9.17) is 0 Å². The highest BCUT2D eigenvalue weighted by molar-refractivity contribution is 6.07. The molecular formula is C15H14N2O2. The number of nitrogens with one attached hydrogen (secondary N) is 1. The van der Waals surface area contributed by atoms with Gasteiger partial charge in [0, 0.05) is 0 Å². The van der Waals surface area contributed by atoms with Crippen LogP contribution >= 0.6 is 0 Å². The number of allylic oxidation sites excluding steroid dienone is 2. The predicted molar refractivity (Wildman–Crippen MR) is 69.6 cm³/mol. The SMILES string of the molecule is O=C1[C@@H]2[C@H](C(=O)N1Nc1ccccc1)[C@@H]1C=C[C@H]2C1. The number of amides is 2. The van der Waals surface area contributed by atoms with Crippen molar-refractivity contribution in [3.05, 3.63) is 42.5 Å². The molecule has 2 aliphatic carbocycles. The maximum atomic E-state index is 12.4. The third kappa shape index (κ3) is 1.40. The van der Waals surface area contributed by atoms with Gasteiger partial charge in [0.25, 0.3) is 11.8 Å². The zero-order valence-corrected chi connectivity index (χ0v) is 10.3. The molecule has 2 fully saturated rings. The van der Waals surface area contributed by atoms with E-state index in [1.165, 1.54) is 5.01 Å². The molecule has 2 bridgehead atoms. The highest BCUT2D eigenvalue weighted by Gasteiger charge is 2.59. The Morgan fingerprint density at radius 1 is 0.947 bits per heavy atom. The Balaban J connectivity index is 1.62. The van der Waals surface area contributed by atoms with Crippen LogP contribution < -0.4 is 5.43 Å². The van der Waals surface area contributed by atoms with Gasteiger partial charge in [-0.05, 0) is 30.4 Å². The van der Waals surface area contributed by atoms with E-state index in [0.29, 0.717) is 0 Å². The van der Waals surface area contributed by atoms with Gasteiger partial charge in [-0.3, -0.25) is 15.0 Å². The molecule has 1 saturated carbocycles. The lowest BCUT2D eigenvalue weighted by Gasteiger charge is -2.19. The van der Waals surface area contributed by atoms with Gasteiger partial charge in [-0.15, -0.1) is 0 Å². The van der Waals surface area contributed by atoms with Crippen molar-refractivity contribution in [1.82, 2.24) is 5.01 Å². The van der Waals surface area contributed by atoms with Crippen LogP contribution in [0.2, 0.25) is 0 Å². The van der Waals surface area contributed by atoms with Crippen molar-refractivity contribution >= 4 is 17.5 Å². The quantitative estimate of drug-likeness (QED) is 0.647. The maximum Gasteiger partial charge on any atom is 0.252 e. The minimum absolute atomic E-state index is 0.0734. The Bertz CT molecular complexity index is 551. The third-order valence-corrected chi connectivity index (χ3v) is 4.49. The fourth-order valence-corrected chi connectivity index (χ4v) is 3.65. The number of anilines is 1. The van der Waals surface area contributed by atoms with Gasteiger partial charge < -0.3 is 0 Å². The first-order valence-corrected chi connectivity index (χ1v) is 6.63. The molecule has 1 saturated heterocycles. The lowest BCUT2D eigenvalue weighted by Crippen LogP contribution is -2.37. The Hall–Kier alpha value is -2.10. The number of benzene rings is 1. The molecule has 96 valence electrons. The summed E-state index contributed by atoms with van der Waals surface area (Å²) in [7, 11) is 0. The molecule has 4 nitrogen and oxygen atoms in total. The Kier molecular flexibility index (Phi) is 2.10. The van der Waals surface area contributed by atoms with Gasteiger partial charge in [0.15, 0.2) is 0 Å². The van der Waals surface area contributed by atoms with Crippen molar-refractivity contribution in [2.24, 2.45) is 23.7 Å². The molecule has 0 radical (unpaired) electrons. The van der Waals surface area contributed by atoms with Crippen LogP contribution in [0, 0.1) is 23.7 Å². The molecule has 4 atom stereocenters. The van der Waals surface area contributed by atoms with Crippen LogP contribution in [0.3, 0.4) is 0 Å². The van der Waals surface area contributed by atoms with E-state index in [1.807, 2.05) is 30.3 Å². The first-order chi connectivity index (χ1) is 9.25. The number of carbonyl (C=O) groups is 2. The summed E-state index contributed by atoms with van der Waals surface area (Å²) in [6.07, 6.45) is 5.16. The fourth-order valence-electron chi connectivity index (χ4n) is 3.65. The Morgan fingerprint density at radius 2 is 1.53 bits per heavy atom. The van der Waals surface area contributed by atoms with Crippen molar-refractivity contribution in [1.29, 1.82) is 0 Å².